The molecule has 1 aromatic rings. The van der Waals surface area contributed by atoms with Crippen LogP contribution in [0.3, 0.4) is 0 Å². The van der Waals surface area contributed by atoms with E-state index in [1.165, 1.54) is 12.1 Å². The standard InChI is InChI=1S/C6H2ClN5/c7-6-2-1-4(11-12-9)5(3-8)10-6/h1-2H. The summed E-state index contributed by atoms with van der Waals surface area (Å²) < 4.78 is 0. The summed E-state index contributed by atoms with van der Waals surface area (Å²) in [6.07, 6.45) is 0. The molecule has 0 N–H and O–H groups in total. The normalized spacial score (nSPS) is 8.33. The number of nitrogens with zero attached hydrogens (tertiary/aromatic N) is 5. The van der Waals surface area contributed by atoms with Crippen LogP contribution in [0.1, 0.15) is 5.69 Å². The fraction of sp³-hybridized carbons (Fsp3) is 0. The first-order valence-corrected chi connectivity index (χ1v) is 3.27. The molecule has 0 aliphatic rings. The molecule has 1 heterocycles. The van der Waals surface area contributed by atoms with Gasteiger partial charge in [-0.25, -0.2) is 4.98 Å². The van der Waals surface area contributed by atoms with Crippen molar-refractivity contribution in [3.63, 3.8) is 0 Å². The highest BCUT2D eigenvalue weighted by Gasteiger charge is 2.00. The highest BCUT2D eigenvalue weighted by molar-refractivity contribution is 6.29. The minimum Gasteiger partial charge on any atom is -0.225 e. The van der Waals surface area contributed by atoms with E-state index >= 15 is 0 Å². The largest absolute Gasteiger partial charge is 0.225 e. The maximum absolute atomic E-state index is 8.52. The van der Waals surface area contributed by atoms with Crippen molar-refractivity contribution in [2.75, 3.05) is 0 Å². The van der Waals surface area contributed by atoms with Crippen molar-refractivity contribution >= 4 is 17.3 Å². The van der Waals surface area contributed by atoms with Crippen molar-refractivity contribution in [2.24, 2.45) is 5.11 Å². The quantitative estimate of drug-likeness (QED) is 0.287. The summed E-state index contributed by atoms with van der Waals surface area (Å²) in [5, 5.41) is 12.0. The lowest BCUT2D eigenvalue weighted by molar-refractivity contribution is 1.24. The number of azide groups is 1. The predicted molar refractivity (Wildman–Crippen MR) is 42.8 cm³/mol. The number of rotatable bonds is 1. The van der Waals surface area contributed by atoms with E-state index in [1.54, 1.807) is 6.07 Å². The topological polar surface area (TPSA) is 85.4 Å². The van der Waals surface area contributed by atoms with E-state index in [9.17, 15) is 0 Å². The van der Waals surface area contributed by atoms with Gasteiger partial charge in [-0.15, -0.1) is 0 Å². The smallest absolute Gasteiger partial charge is 0.151 e. The lowest BCUT2D eigenvalue weighted by Gasteiger charge is -1.93. The minimum atomic E-state index is 0.0281. The van der Waals surface area contributed by atoms with Crippen LogP contribution in [-0.2, 0) is 0 Å². The van der Waals surface area contributed by atoms with Crippen LogP contribution in [0.2, 0.25) is 5.15 Å². The Morgan fingerprint density at radius 1 is 1.67 bits per heavy atom. The number of hydrogen-bond donors (Lipinski definition) is 0. The number of hydrogen-bond acceptors (Lipinski definition) is 3. The number of nitriles is 1. The third kappa shape index (κ3) is 1.64. The minimum absolute atomic E-state index is 0.0281. The van der Waals surface area contributed by atoms with E-state index in [0.29, 0.717) is 0 Å². The monoisotopic (exact) mass is 179 g/mol. The van der Waals surface area contributed by atoms with Crippen LogP contribution < -0.4 is 0 Å². The van der Waals surface area contributed by atoms with Crippen molar-refractivity contribution in [1.82, 2.24) is 4.98 Å². The van der Waals surface area contributed by atoms with E-state index in [4.69, 9.17) is 22.4 Å². The summed E-state index contributed by atoms with van der Waals surface area (Å²) >= 11 is 5.50. The molecule has 0 fully saturated rings. The second-order valence-corrected chi connectivity index (χ2v) is 2.19. The molecule has 12 heavy (non-hydrogen) atoms. The Hall–Kier alpha value is -1.76. The van der Waals surface area contributed by atoms with Gasteiger partial charge in [-0.2, -0.15) is 5.26 Å². The molecule has 6 heteroatoms. The van der Waals surface area contributed by atoms with Crippen molar-refractivity contribution in [2.45, 2.75) is 0 Å². The summed E-state index contributed by atoms with van der Waals surface area (Å²) in [6.45, 7) is 0. The van der Waals surface area contributed by atoms with Crippen LogP contribution in [0.25, 0.3) is 10.4 Å². The average Bonchev–Trinajstić information content (AvgIpc) is 2.08. The maximum atomic E-state index is 8.52. The second kappa shape index (κ2) is 3.58. The van der Waals surface area contributed by atoms with Crippen LogP contribution in [0.15, 0.2) is 17.2 Å². The second-order valence-electron chi connectivity index (χ2n) is 1.80. The van der Waals surface area contributed by atoms with Gasteiger partial charge in [-0.05, 0) is 17.7 Å². The molecule has 58 valence electrons. The zero-order valence-electron chi connectivity index (χ0n) is 5.77. The van der Waals surface area contributed by atoms with Gasteiger partial charge in [0.25, 0.3) is 0 Å². The van der Waals surface area contributed by atoms with E-state index in [0.717, 1.165) is 0 Å². The summed E-state index contributed by atoms with van der Waals surface area (Å²) in [5.41, 5.74) is 8.31. The Morgan fingerprint density at radius 3 is 3.00 bits per heavy atom. The third-order valence-electron chi connectivity index (χ3n) is 1.10. The zero-order valence-corrected chi connectivity index (χ0v) is 6.52. The van der Waals surface area contributed by atoms with Gasteiger partial charge in [0.2, 0.25) is 0 Å². The average molecular weight is 180 g/mol. The SMILES string of the molecule is N#Cc1nc(Cl)ccc1N=[N+]=[N-]. The Morgan fingerprint density at radius 2 is 2.42 bits per heavy atom. The van der Waals surface area contributed by atoms with Crippen molar-refractivity contribution in [1.29, 1.82) is 5.26 Å². The molecule has 0 aliphatic carbocycles. The van der Waals surface area contributed by atoms with Gasteiger partial charge < -0.3 is 0 Å². The molecule has 0 saturated carbocycles. The lowest BCUT2D eigenvalue weighted by Crippen LogP contribution is -1.82. The van der Waals surface area contributed by atoms with Gasteiger partial charge in [0.05, 0.1) is 5.69 Å². The number of halogens is 1. The highest BCUT2D eigenvalue weighted by atomic mass is 35.5. The molecule has 0 radical (unpaired) electrons. The fourth-order valence-electron chi connectivity index (χ4n) is 0.639. The third-order valence-corrected chi connectivity index (χ3v) is 1.31. The maximum Gasteiger partial charge on any atom is 0.151 e. The van der Waals surface area contributed by atoms with Crippen molar-refractivity contribution < 1.29 is 0 Å². The van der Waals surface area contributed by atoms with Gasteiger partial charge in [0.1, 0.15) is 11.2 Å². The molecule has 0 aromatic carbocycles. The van der Waals surface area contributed by atoms with Crippen molar-refractivity contribution in [3.8, 4) is 6.07 Å². The molecule has 1 aromatic heterocycles. The van der Waals surface area contributed by atoms with Gasteiger partial charge in [0, 0.05) is 4.91 Å². The molecule has 1 rings (SSSR count). The molecule has 0 atom stereocenters. The van der Waals surface area contributed by atoms with E-state index in [1.807, 2.05) is 0 Å². The first-order chi connectivity index (χ1) is 5.77. The van der Waals surface area contributed by atoms with Crippen LogP contribution in [0.5, 0.6) is 0 Å². The molecule has 5 nitrogen and oxygen atoms in total. The lowest BCUT2D eigenvalue weighted by atomic mass is 10.3. The molecule has 0 saturated heterocycles. The first kappa shape index (κ1) is 8.34. The molecule has 0 amide bonds. The zero-order chi connectivity index (χ0) is 8.97. The number of pyridine rings is 1. The molecule has 0 aliphatic heterocycles. The van der Waals surface area contributed by atoms with Gasteiger partial charge in [-0.3, -0.25) is 0 Å². The van der Waals surface area contributed by atoms with Crippen LogP contribution >= 0.6 is 11.6 Å². The van der Waals surface area contributed by atoms with Crippen LogP contribution in [0.4, 0.5) is 5.69 Å². The van der Waals surface area contributed by atoms with Gasteiger partial charge >= 0.3 is 0 Å². The van der Waals surface area contributed by atoms with E-state index < -0.39 is 0 Å². The predicted octanol–water partition coefficient (Wildman–Crippen LogP) is 2.55. The van der Waals surface area contributed by atoms with Gasteiger partial charge in [-0.1, -0.05) is 16.7 Å². The van der Waals surface area contributed by atoms with Gasteiger partial charge in [0.15, 0.2) is 5.69 Å². The summed E-state index contributed by atoms with van der Waals surface area (Å²) in [5.74, 6) is 0. The molecule has 0 unspecified atom stereocenters. The summed E-state index contributed by atoms with van der Waals surface area (Å²) in [4.78, 5) is 6.18. The van der Waals surface area contributed by atoms with E-state index in [-0.39, 0.29) is 16.5 Å². The highest BCUT2D eigenvalue weighted by Crippen LogP contribution is 2.18. The summed E-state index contributed by atoms with van der Waals surface area (Å²) in [6, 6.07) is 4.65. The Labute approximate surface area is 72.8 Å². The van der Waals surface area contributed by atoms with Crippen molar-refractivity contribution in [3.05, 3.63) is 33.4 Å². The van der Waals surface area contributed by atoms with E-state index in [2.05, 4.69) is 15.0 Å². The van der Waals surface area contributed by atoms with Crippen LogP contribution in [0, 0.1) is 11.3 Å². The molecule has 0 bridgehead atoms. The molecule has 0 spiro atoms. The number of aromatic nitrogens is 1. The first-order valence-electron chi connectivity index (χ1n) is 2.89. The Kier molecular flexibility index (Phi) is 2.49. The Bertz CT molecular complexity index is 387. The molecular formula is C6H2ClN5. The van der Waals surface area contributed by atoms with Crippen LogP contribution in [-0.4, -0.2) is 4.98 Å². The Balaban J connectivity index is 3.31. The fourth-order valence-corrected chi connectivity index (χ4v) is 0.787. The summed E-state index contributed by atoms with van der Waals surface area (Å²) in [7, 11) is 0. The molecular weight excluding hydrogens is 178 g/mol.